The van der Waals surface area contributed by atoms with Crippen LogP contribution in [0.4, 0.5) is 0 Å². The second-order valence-electron chi connectivity index (χ2n) is 19.0. The summed E-state index contributed by atoms with van der Waals surface area (Å²) in [5.74, 6) is -5.02. The van der Waals surface area contributed by atoms with Gasteiger partial charge >= 0.3 is 19.8 Å². The predicted octanol–water partition coefficient (Wildman–Crippen LogP) is 6.68. The van der Waals surface area contributed by atoms with Crippen LogP contribution < -0.4 is 0 Å². The summed E-state index contributed by atoms with van der Waals surface area (Å²) in [6, 6.07) is 0. The van der Waals surface area contributed by atoms with Crippen LogP contribution in [0.3, 0.4) is 0 Å². The molecule has 0 aromatic rings. The number of carbonyl (C=O) groups is 3. The maximum absolute atomic E-state index is 13.5. The first-order chi connectivity index (χ1) is 33.5. The minimum absolute atomic E-state index is 0.0662. The van der Waals surface area contributed by atoms with E-state index < -0.39 is 124 Å². The molecule has 1 saturated carbocycles. The summed E-state index contributed by atoms with van der Waals surface area (Å²) in [5.41, 5.74) is 0. The summed E-state index contributed by atoms with van der Waals surface area (Å²) >= 11 is 0. The van der Waals surface area contributed by atoms with Crippen molar-refractivity contribution >= 4 is 25.5 Å². The average molecular weight is 1020 g/mol. The molecular weight excluding hydrogens is 928 g/mol. The molecule has 1 heterocycles. The van der Waals surface area contributed by atoms with Crippen LogP contribution in [0.5, 0.6) is 0 Å². The number of allylic oxidation sites excluding steroid dienone is 6. The molecule has 2 fully saturated rings. The summed E-state index contributed by atoms with van der Waals surface area (Å²) < 4.78 is 34.6. The number of aliphatic hydroxyl groups excluding tert-OH is 8. The fourth-order valence-corrected chi connectivity index (χ4v) is 9.50. The van der Waals surface area contributed by atoms with Crippen molar-refractivity contribution in [2.24, 2.45) is 11.8 Å². The third-order valence-electron chi connectivity index (χ3n) is 12.9. The lowest BCUT2D eigenvalue weighted by Crippen LogP contribution is -2.56. The maximum atomic E-state index is 13.5. The highest BCUT2D eigenvalue weighted by Gasteiger charge is 2.49. The highest BCUT2D eigenvalue weighted by molar-refractivity contribution is 7.47. The molecule has 18 heteroatoms. The lowest BCUT2D eigenvalue weighted by Gasteiger charge is -2.37. The van der Waals surface area contributed by atoms with Crippen LogP contribution in [0.1, 0.15) is 174 Å². The van der Waals surface area contributed by atoms with E-state index in [-0.39, 0.29) is 32.1 Å². The number of rotatable bonds is 26. The molecule has 13 atom stereocenters. The average Bonchev–Trinajstić information content (AvgIpc) is 3.32. The molecule has 0 amide bonds. The topological polar surface area (TPSA) is 287 Å². The number of Topliss-reactive ketones (excluding diaryl/α,β-unsaturated/α-hetero) is 1. The van der Waals surface area contributed by atoms with Gasteiger partial charge in [0.2, 0.25) is 0 Å². The van der Waals surface area contributed by atoms with Crippen molar-refractivity contribution in [2.45, 2.75) is 235 Å². The van der Waals surface area contributed by atoms with Crippen LogP contribution in [-0.2, 0) is 37.5 Å². The van der Waals surface area contributed by atoms with Crippen molar-refractivity contribution < 1.29 is 83.2 Å². The van der Waals surface area contributed by atoms with Gasteiger partial charge in [-0.05, 0) is 64.2 Å². The molecule has 0 aromatic heterocycles. The molecule has 0 radical (unpaired) electrons. The first-order valence-corrected chi connectivity index (χ1v) is 27.6. The van der Waals surface area contributed by atoms with E-state index in [2.05, 4.69) is 43.4 Å². The van der Waals surface area contributed by atoms with Gasteiger partial charge in [-0.3, -0.25) is 23.4 Å². The molecule has 2 rings (SSSR count). The molecule has 1 saturated heterocycles. The number of ketones is 1. The number of phosphoric ester groups is 1. The third-order valence-corrected chi connectivity index (χ3v) is 13.8. The second kappa shape index (κ2) is 37.1. The van der Waals surface area contributed by atoms with Gasteiger partial charge in [0.05, 0.1) is 37.1 Å². The monoisotopic (exact) mass is 1020 g/mol. The van der Waals surface area contributed by atoms with Gasteiger partial charge in [0, 0.05) is 43.9 Å². The van der Waals surface area contributed by atoms with Crippen molar-refractivity contribution in [3.05, 3.63) is 48.6 Å². The number of fused-ring (bicyclic) bond motifs is 4. The maximum Gasteiger partial charge on any atom is 0.472 e. The summed E-state index contributed by atoms with van der Waals surface area (Å²) in [6.45, 7) is 2.71. The number of hydrogen-bond acceptors (Lipinski definition) is 16. The van der Waals surface area contributed by atoms with Crippen molar-refractivity contribution in [3.63, 3.8) is 0 Å². The van der Waals surface area contributed by atoms with Gasteiger partial charge in [0.25, 0.3) is 0 Å². The quantitative estimate of drug-likeness (QED) is 0.0189. The van der Waals surface area contributed by atoms with Crippen LogP contribution in [0, 0.1) is 11.8 Å². The van der Waals surface area contributed by atoms with E-state index >= 15 is 0 Å². The zero-order chi connectivity index (χ0) is 51.7. The largest absolute Gasteiger partial charge is 0.472 e. The van der Waals surface area contributed by atoms with Gasteiger partial charge in [-0.15, -0.1) is 0 Å². The van der Waals surface area contributed by atoms with Gasteiger partial charge in [-0.1, -0.05) is 127 Å². The molecule has 0 aromatic carbocycles. The number of carbonyl (C=O) groups excluding carboxylic acids is 3. The molecule has 404 valence electrons. The lowest BCUT2D eigenvalue weighted by atomic mass is 9.82. The van der Waals surface area contributed by atoms with Crippen LogP contribution in [0.25, 0.3) is 0 Å². The van der Waals surface area contributed by atoms with E-state index in [1.165, 1.54) is 37.8 Å². The van der Waals surface area contributed by atoms with E-state index in [0.29, 0.717) is 19.3 Å². The van der Waals surface area contributed by atoms with Gasteiger partial charge in [0.1, 0.15) is 36.8 Å². The molecule has 2 bridgehead atoms. The minimum Gasteiger partial charge on any atom is -0.462 e. The highest BCUT2D eigenvalue weighted by atomic mass is 31.2. The second-order valence-corrected chi connectivity index (χ2v) is 20.4. The van der Waals surface area contributed by atoms with E-state index in [9.17, 15) is 64.7 Å². The Labute approximate surface area is 416 Å². The number of aliphatic hydroxyl groups is 8. The molecule has 17 nitrogen and oxygen atoms in total. The fourth-order valence-electron chi connectivity index (χ4n) is 8.53. The number of hydrogen-bond donors (Lipinski definition) is 9. The first-order valence-electron chi connectivity index (χ1n) is 26.1. The predicted molar refractivity (Wildman–Crippen MR) is 265 cm³/mol. The van der Waals surface area contributed by atoms with Gasteiger partial charge in [-0.2, -0.15) is 0 Å². The summed E-state index contributed by atoms with van der Waals surface area (Å²) in [7, 11) is -5.50. The smallest absolute Gasteiger partial charge is 0.462 e. The molecular formula is C52H89O17P. The van der Waals surface area contributed by atoms with Gasteiger partial charge in [-0.25, -0.2) is 4.57 Å². The Bertz CT molecular complexity index is 1600. The third kappa shape index (κ3) is 26.9. The molecule has 9 N–H and O–H groups in total. The Kier molecular flexibility index (Phi) is 33.7. The molecule has 1 aliphatic carbocycles. The number of esters is 2. The molecule has 2 aliphatic rings. The Hall–Kier alpha value is -2.64. The van der Waals surface area contributed by atoms with Crippen molar-refractivity contribution in [2.75, 3.05) is 13.2 Å². The van der Waals surface area contributed by atoms with Crippen LogP contribution in [0.2, 0.25) is 0 Å². The van der Waals surface area contributed by atoms with Crippen molar-refractivity contribution in [1.82, 2.24) is 0 Å². The van der Waals surface area contributed by atoms with Crippen LogP contribution >= 0.6 is 7.82 Å². The zero-order valence-corrected chi connectivity index (χ0v) is 42.8. The Balaban J connectivity index is 2.06. The number of cyclic esters (lactones) is 1. The Morgan fingerprint density at radius 1 is 0.714 bits per heavy atom. The molecule has 1 unspecified atom stereocenters. The van der Waals surface area contributed by atoms with E-state index in [0.717, 1.165) is 70.6 Å². The summed E-state index contributed by atoms with van der Waals surface area (Å²) in [5, 5.41) is 90.0. The van der Waals surface area contributed by atoms with Crippen LogP contribution in [0.15, 0.2) is 48.6 Å². The number of unbranched alkanes of at least 4 members (excludes halogenated alkanes) is 12. The Morgan fingerprint density at radius 3 is 1.94 bits per heavy atom. The standard InChI is InChI=1S/C52H89O17P/c1-3-5-7-8-9-10-11-12-13-14-15-16-17-18-19-20-21-22-23-25-30-45(57)66-36-40-37-67-70(64,65)69-52-50(62)47(59)41(33-32-38(53)28-24-6-4-2)43(55)35-44(56)42(48(60)49(61)51(52)63)34-39(54)29-26-27-31-46(58)68-40/h10-11,13-14,16-17,32-33,38,40-44,47-53,55-56,59-63H,3-9,12,15,18-31,34-37H2,1-2H3,(H,64,65)/b11-10-,14-13-,17-16-,33-32+/t38-,40+,41-,42-,43+,44-,47+,48+,49-,50+,51+,52+/m0/s1. The lowest BCUT2D eigenvalue weighted by molar-refractivity contribution is -0.168. The van der Waals surface area contributed by atoms with Gasteiger partial charge in [0.15, 0.2) is 6.10 Å². The van der Waals surface area contributed by atoms with E-state index in [4.69, 9.17) is 18.5 Å². The molecule has 1 aliphatic heterocycles. The number of phosphoric acid groups is 1. The summed E-state index contributed by atoms with van der Waals surface area (Å²) in [4.78, 5) is 49.7. The highest BCUT2D eigenvalue weighted by Crippen LogP contribution is 2.47. The van der Waals surface area contributed by atoms with E-state index in [1.807, 2.05) is 6.92 Å². The minimum atomic E-state index is -5.50. The zero-order valence-electron chi connectivity index (χ0n) is 41.9. The van der Waals surface area contributed by atoms with E-state index in [1.54, 1.807) is 0 Å². The first kappa shape index (κ1) is 63.5. The normalized spacial score (nSPS) is 31.0. The SMILES string of the molecule is CCCCCC/C=C\C/C=C\C/C=C\CCCCCCCCC(=O)OC[C@@H]1COP(=O)(O)O[C@H]2[C@H](O)[C@@H](O)[C@H](O)[C@@H](CC(=O)CCCCC(=O)O1)[C@@H](O)C[C@@H](O)[C@H](/C=C/[C@@H](O)CCCCC)[C@@H](O)[C@H]2O. The molecule has 0 spiro atoms. The molecule has 70 heavy (non-hydrogen) atoms. The van der Waals surface area contributed by atoms with Crippen molar-refractivity contribution in [1.29, 1.82) is 0 Å². The number of ether oxygens (including phenoxy) is 2. The van der Waals surface area contributed by atoms with Gasteiger partial charge < -0.3 is 55.2 Å². The Morgan fingerprint density at radius 2 is 1.29 bits per heavy atom. The van der Waals surface area contributed by atoms with Crippen molar-refractivity contribution in [3.8, 4) is 0 Å². The fraction of sp³-hybridized carbons (Fsp3) is 0.788. The summed E-state index contributed by atoms with van der Waals surface area (Å²) in [6.07, 6.45) is 11.7. The van der Waals surface area contributed by atoms with Crippen LogP contribution in [-0.4, -0.2) is 138 Å².